The van der Waals surface area contributed by atoms with Crippen molar-refractivity contribution in [3.05, 3.63) is 35.9 Å². The highest BCUT2D eigenvalue weighted by molar-refractivity contribution is 5.88. The minimum atomic E-state index is -0.476. The van der Waals surface area contributed by atoms with E-state index in [0.29, 0.717) is 19.8 Å². The summed E-state index contributed by atoms with van der Waals surface area (Å²) in [5, 5.41) is 3.03. The van der Waals surface area contributed by atoms with Gasteiger partial charge in [-0.1, -0.05) is 42.2 Å². The van der Waals surface area contributed by atoms with Gasteiger partial charge in [0.05, 0.1) is 18.5 Å². The standard InChI is InChI=1S/C20H26N2O2/c23-19(21-12-4-5-13-22-14-6-7-15-22)20(10-16-24-17-11-20)18-8-2-1-3-9-18/h1-3,8-9H,6-7,10-17H2,(H,21,23). The smallest absolute Gasteiger partial charge is 0.231 e. The van der Waals surface area contributed by atoms with Gasteiger partial charge in [-0.25, -0.2) is 0 Å². The molecule has 2 aliphatic heterocycles. The summed E-state index contributed by atoms with van der Waals surface area (Å²) in [5.74, 6) is 6.35. The second kappa shape index (κ2) is 8.32. The molecule has 0 aliphatic carbocycles. The number of ether oxygens (including phenoxy) is 1. The van der Waals surface area contributed by atoms with Gasteiger partial charge in [0.25, 0.3) is 0 Å². The van der Waals surface area contributed by atoms with Crippen LogP contribution in [0, 0.1) is 11.8 Å². The van der Waals surface area contributed by atoms with E-state index in [4.69, 9.17) is 4.74 Å². The number of benzene rings is 1. The highest BCUT2D eigenvalue weighted by atomic mass is 16.5. The normalized spacial score (nSPS) is 20.2. The Morgan fingerprint density at radius 3 is 2.54 bits per heavy atom. The molecule has 4 nitrogen and oxygen atoms in total. The summed E-state index contributed by atoms with van der Waals surface area (Å²) in [5.41, 5.74) is 0.603. The molecule has 3 rings (SSSR count). The molecule has 2 fully saturated rings. The van der Waals surface area contributed by atoms with Crippen LogP contribution in [-0.2, 0) is 14.9 Å². The molecular formula is C20H26N2O2. The lowest BCUT2D eigenvalue weighted by atomic mass is 9.73. The zero-order valence-electron chi connectivity index (χ0n) is 14.2. The van der Waals surface area contributed by atoms with Crippen molar-refractivity contribution in [3.63, 3.8) is 0 Å². The number of nitrogens with one attached hydrogen (secondary N) is 1. The van der Waals surface area contributed by atoms with Gasteiger partial charge in [0.15, 0.2) is 0 Å². The highest BCUT2D eigenvalue weighted by Crippen LogP contribution is 2.34. The third-order valence-corrected chi connectivity index (χ3v) is 5.07. The van der Waals surface area contributed by atoms with E-state index >= 15 is 0 Å². The minimum absolute atomic E-state index is 0.0764. The summed E-state index contributed by atoms with van der Waals surface area (Å²) in [4.78, 5) is 15.3. The molecule has 0 atom stereocenters. The van der Waals surface area contributed by atoms with Gasteiger partial charge in [-0.05, 0) is 44.3 Å². The fourth-order valence-corrected chi connectivity index (χ4v) is 3.59. The van der Waals surface area contributed by atoms with Crippen LogP contribution in [0.3, 0.4) is 0 Å². The molecule has 2 saturated heterocycles. The van der Waals surface area contributed by atoms with Crippen LogP contribution in [0.4, 0.5) is 0 Å². The Balaban J connectivity index is 1.59. The summed E-state index contributed by atoms with van der Waals surface area (Å²) < 4.78 is 5.48. The molecule has 128 valence electrons. The molecule has 0 saturated carbocycles. The van der Waals surface area contributed by atoms with Crippen molar-refractivity contribution in [3.8, 4) is 11.8 Å². The molecule has 2 heterocycles. The van der Waals surface area contributed by atoms with Crippen molar-refractivity contribution < 1.29 is 9.53 Å². The zero-order chi connectivity index (χ0) is 16.7. The Hall–Kier alpha value is -1.83. The first kappa shape index (κ1) is 17.0. The number of likely N-dealkylation sites (tertiary alicyclic amines) is 1. The zero-order valence-corrected chi connectivity index (χ0v) is 14.2. The van der Waals surface area contributed by atoms with Gasteiger partial charge < -0.3 is 10.1 Å². The summed E-state index contributed by atoms with van der Waals surface area (Å²) in [6.07, 6.45) is 4.01. The van der Waals surface area contributed by atoms with Gasteiger partial charge in [-0.3, -0.25) is 9.69 Å². The van der Waals surface area contributed by atoms with Gasteiger partial charge in [-0.2, -0.15) is 0 Å². The molecule has 0 aromatic heterocycles. The summed E-state index contributed by atoms with van der Waals surface area (Å²) in [7, 11) is 0. The monoisotopic (exact) mass is 326 g/mol. The van der Waals surface area contributed by atoms with Gasteiger partial charge in [0.2, 0.25) is 5.91 Å². The maximum absolute atomic E-state index is 12.9. The second-order valence-corrected chi connectivity index (χ2v) is 6.58. The first-order valence-corrected chi connectivity index (χ1v) is 8.91. The fourth-order valence-electron chi connectivity index (χ4n) is 3.59. The van der Waals surface area contributed by atoms with Crippen LogP contribution in [0.1, 0.15) is 31.2 Å². The number of nitrogens with zero attached hydrogens (tertiary/aromatic N) is 1. The minimum Gasteiger partial charge on any atom is -0.381 e. The van der Waals surface area contributed by atoms with E-state index in [1.807, 2.05) is 30.3 Å². The lowest BCUT2D eigenvalue weighted by molar-refractivity contribution is -0.130. The van der Waals surface area contributed by atoms with E-state index < -0.39 is 5.41 Å². The van der Waals surface area contributed by atoms with Gasteiger partial charge >= 0.3 is 0 Å². The predicted octanol–water partition coefficient (Wildman–Crippen LogP) is 1.95. The van der Waals surface area contributed by atoms with E-state index in [-0.39, 0.29) is 5.91 Å². The van der Waals surface area contributed by atoms with Gasteiger partial charge in [0, 0.05) is 13.2 Å². The fraction of sp³-hybridized carbons (Fsp3) is 0.550. The predicted molar refractivity (Wildman–Crippen MR) is 94.6 cm³/mol. The Kier molecular flexibility index (Phi) is 5.90. The molecule has 4 heteroatoms. The Labute approximate surface area is 144 Å². The number of carbonyl (C=O) groups excluding carboxylic acids is 1. The average molecular weight is 326 g/mol. The van der Waals surface area contributed by atoms with Crippen LogP contribution >= 0.6 is 0 Å². The second-order valence-electron chi connectivity index (χ2n) is 6.58. The number of hydrogen-bond acceptors (Lipinski definition) is 3. The maximum atomic E-state index is 12.9. The van der Waals surface area contributed by atoms with E-state index in [2.05, 4.69) is 22.1 Å². The number of rotatable bonds is 4. The van der Waals surface area contributed by atoms with Crippen molar-refractivity contribution in [1.29, 1.82) is 0 Å². The molecular weight excluding hydrogens is 300 g/mol. The molecule has 1 aromatic rings. The quantitative estimate of drug-likeness (QED) is 0.860. The molecule has 0 bridgehead atoms. The largest absolute Gasteiger partial charge is 0.381 e. The summed E-state index contributed by atoms with van der Waals surface area (Å²) >= 11 is 0. The van der Waals surface area contributed by atoms with Crippen LogP contribution in [0.25, 0.3) is 0 Å². The molecule has 1 amide bonds. The van der Waals surface area contributed by atoms with E-state index in [0.717, 1.165) is 38.0 Å². The number of hydrogen-bond donors (Lipinski definition) is 1. The van der Waals surface area contributed by atoms with Crippen molar-refractivity contribution in [2.75, 3.05) is 39.4 Å². The maximum Gasteiger partial charge on any atom is 0.231 e. The molecule has 0 unspecified atom stereocenters. The average Bonchev–Trinajstić information content (AvgIpc) is 3.16. The van der Waals surface area contributed by atoms with E-state index in [1.165, 1.54) is 12.8 Å². The van der Waals surface area contributed by atoms with E-state index in [9.17, 15) is 4.79 Å². The van der Waals surface area contributed by atoms with Crippen LogP contribution in [0.15, 0.2) is 30.3 Å². The number of carbonyl (C=O) groups is 1. The van der Waals surface area contributed by atoms with Gasteiger partial charge in [-0.15, -0.1) is 0 Å². The lowest BCUT2D eigenvalue weighted by Crippen LogP contribution is -2.48. The molecule has 0 spiro atoms. The van der Waals surface area contributed by atoms with Gasteiger partial charge in [0.1, 0.15) is 0 Å². The molecule has 24 heavy (non-hydrogen) atoms. The van der Waals surface area contributed by atoms with Crippen LogP contribution in [0.2, 0.25) is 0 Å². The van der Waals surface area contributed by atoms with Crippen LogP contribution in [-0.4, -0.2) is 50.2 Å². The topological polar surface area (TPSA) is 41.6 Å². The van der Waals surface area contributed by atoms with Crippen molar-refractivity contribution in [1.82, 2.24) is 10.2 Å². The highest BCUT2D eigenvalue weighted by Gasteiger charge is 2.41. The van der Waals surface area contributed by atoms with Crippen LogP contribution < -0.4 is 5.32 Å². The Bertz CT molecular complexity index is 591. The third kappa shape index (κ3) is 3.98. The van der Waals surface area contributed by atoms with Crippen molar-refractivity contribution in [2.24, 2.45) is 0 Å². The summed E-state index contributed by atoms with van der Waals surface area (Å²) in [6.45, 7) is 4.79. The third-order valence-electron chi connectivity index (χ3n) is 5.07. The summed E-state index contributed by atoms with van der Waals surface area (Å²) in [6, 6.07) is 10.1. The number of amides is 1. The Morgan fingerprint density at radius 2 is 1.83 bits per heavy atom. The lowest BCUT2D eigenvalue weighted by Gasteiger charge is -2.36. The molecule has 2 aliphatic rings. The molecule has 1 aromatic carbocycles. The van der Waals surface area contributed by atoms with Crippen molar-refractivity contribution >= 4 is 5.91 Å². The molecule has 1 N–H and O–H groups in total. The first-order chi connectivity index (χ1) is 11.8. The first-order valence-electron chi connectivity index (χ1n) is 8.91. The van der Waals surface area contributed by atoms with Crippen molar-refractivity contribution in [2.45, 2.75) is 31.1 Å². The van der Waals surface area contributed by atoms with Crippen LogP contribution in [0.5, 0.6) is 0 Å². The van der Waals surface area contributed by atoms with E-state index in [1.54, 1.807) is 0 Å². The SMILES string of the molecule is O=C(NCC#CCN1CCCC1)C1(c2ccccc2)CCOCC1. The Morgan fingerprint density at radius 1 is 1.12 bits per heavy atom. The molecule has 0 radical (unpaired) electrons.